The second-order valence-corrected chi connectivity index (χ2v) is 4.88. The third-order valence-corrected chi connectivity index (χ3v) is 3.65. The predicted octanol–water partition coefficient (Wildman–Crippen LogP) is 2.42. The van der Waals surface area contributed by atoms with Gasteiger partial charge < -0.3 is 10.4 Å². The molecule has 2 atom stereocenters. The van der Waals surface area contributed by atoms with Crippen LogP contribution >= 0.6 is 11.6 Å². The summed E-state index contributed by atoms with van der Waals surface area (Å²) in [6.45, 7) is 2.33. The normalized spacial score (nSPS) is 23.0. The van der Waals surface area contributed by atoms with E-state index in [9.17, 15) is 5.11 Å². The fourth-order valence-electron chi connectivity index (χ4n) is 2.46. The average molecular weight is 240 g/mol. The Kier molecular flexibility index (Phi) is 4.22. The fraction of sp³-hybridized carbons (Fsp3) is 0.538. The van der Waals surface area contributed by atoms with Crippen molar-refractivity contribution in [1.29, 1.82) is 0 Å². The van der Waals surface area contributed by atoms with Gasteiger partial charge in [0.15, 0.2) is 0 Å². The van der Waals surface area contributed by atoms with Crippen LogP contribution in [-0.4, -0.2) is 24.8 Å². The number of halogens is 1. The zero-order valence-corrected chi connectivity index (χ0v) is 10.1. The molecule has 1 saturated heterocycles. The SMILES string of the molecule is OCC(c1ccc(Cl)cc1)C1CCCNC1. The van der Waals surface area contributed by atoms with Gasteiger partial charge >= 0.3 is 0 Å². The van der Waals surface area contributed by atoms with Gasteiger partial charge in [0.05, 0.1) is 6.61 Å². The molecule has 1 fully saturated rings. The summed E-state index contributed by atoms with van der Waals surface area (Å²) in [6, 6.07) is 7.85. The quantitative estimate of drug-likeness (QED) is 0.849. The second-order valence-electron chi connectivity index (χ2n) is 4.45. The maximum absolute atomic E-state index is 9.54. The summed E-state index contributed by atoms with van der Waals surface area (Å²) in [5.41, 5.74) is 1.20. The van der Waals surface area contributed by atoms with Crippen molar-refractivity contribution in [3.05, 3.63) is 34.9 Å². The van der Waals surface area contributed by atoms with Gasteiger partial charge in [-0.25, -0.2) is 0 Å². The molecule has 0 aliphatic carbocycles. The van der Waals surface area contributed by atoms with Crippen molar-refractivity contribution in [2.24, 2.45) is 5.92 Å². The standard InChI is InChI=1S/C13H18ClNO/c14-12-5-3-10(4-6-12)13(9-16)11-2-1-7-15-8-11/h3-6,11,13,15-16H,1-2,7-9H2. The summed E-state index contributed by atoms with van der Waals surface area (Å²) in [5.74, 6) is 0.782. The smallest absolute Gasteiger partial charge is 0.0502 e. The molecule has 1 heterocycles. The maximum atomic E-state index is 9.54. The van der Waals surface area contributed by atoms with Crippen molar-refractivity contribution in [2.75, 3.05) is 19.7 Å². The summed E-state index contributed by atoms with van der Waals surface area (Å²) in [6.07, 6.45) is 2.40. The Morgan fingerprint density at radius 2 is 2.12 bits per heavy atom. The van der Waals surface area contributed by atoms with E-state index >= 15 is 0 Å². The van der Waals surface area contributed by atoms with Crippen molar-refractivity contribution >= 4 is 11.6 Å². The minimum Gasteiger partial charge on any atom is -0.396 e. The first-order valence-corrected chi connectivity index (χ1v) is 6.26. The molecule has 1 aliphatic rings. The molecule has 0 amide bonds. The summed E-state index contributed by atoms with van der Waals surface area (Å²) >= 11 is 5.87. The van der Waals surface area contributed by atoms with Gasteiger partial charge in [-0.1, -0.05) is 23.7 Å². The predicted molar refractivity (Wildman–Crippen MR) is 66.9 cm³/mol. The molecule has 1 aliphatic heterocycles. The zero-order chi connectivity index (χ0) is 11.4. The van der Waals surface area contributed by atoms with Crippen molar-refractivity contribution in [2.45, 2.75) is 18.8 Å². The van der Waals surface area contributed by atoms with E-state index in [1.807, 2.05) is 24.3 Å². The molecule has 88 valence electrons. The number of rotatable bonds is 3. The maximum Gasteiger partial charge on any atom is 0.0502 e. The number of benzene rings is 1. The van der Waals surface area contributed by atoms with E-state index < -0.39 is 0 Å². The lowest BCUT2D eigenvalue weighted by molar-refractivity contribution is 0.204. The largest absolute Gasteiger partial charge is 0.396 e. The van der Waals surface area contributed by atoms with Crippen molar-refractivity contribution < 1.29 is 5.11 Å². The molecule has 0 bridgehead atoms. The molecule has 2 nitrogen and oxygen atoms in total. The molecule has 3 heteroatoms. The lowest BCUT2D eigenvalue weighted by atomic mass is 9.82. The molecule has 2 unspecified atom stereocenters. The van der Waals surface area contributed by atoms with Crippen LogP contribution in [0, 0.1) is 5.92 Å². The van der Waals surface area contributed by atoms with Gasteiger partial charge in [0.1, 0.15) is 0 Å². The topological polar surface area (TPSA) is 32.3 Å². The molecule has 0 saturated carbocycles. The molecule has 2 N–H and O–H groups in total. The third-order valence-electron chi connectivity index (χ3n) is 3.40. The Morgan fingerprint density at radius 1 is 1.38 bits per heavy atom. The van der Waals surface area contributed by atoms with Crippen LogP contribution in [0.25, 0.3) is 0 Å². The molecule has 1 aromatic carbocycles. The lowest BCUT2D eigenvalue weighted by Crippen LogP contribution is -2.34. The summed E-state index contributed by atoms with van der Waals surface area (Å²) in [4.78, 5) is 0. The van der Waals surface area contributed by atoms with Crippen LogP contribution in [0.1, 0.15) is 24.3 Å². The van der Waals surface area contributed by atoms with Gasteiger partial charge in [-0.2, -0.15) is 0 Å². The Labute approximate surface area is 102 Å². The van der Waals surface area contributed by atoms with E-state index in [4.69, 9.17) is 11.6 Å². The Balaban J connectivity index is 2.11. The number of hydrogen-bond acceptors (Lipinski definition) is 2. The van der Waals surface area contributed by atoms with Crippen LogP contribution in [0.5, 0.6) is 0 Å². The van der Waals surface area contributed by atoms with Gasteiger partial charge in [-0.3, -0.25) is 0 Å². The van der Waals surface area contributed by atoms with Crippen LogP contribution in [0.2, 0.25) is 5.02 Å². The Morgan fingerprint density at radius 3 is 2.69 bits per heavy atom. The number of nitrogens with one attached hydrogen (secondary N) is 1. The van der Waals surface area contributed by atoms with Crippen LogP contribution in [0.3, 0.4) is 0 Å². The number of aliphatic hydroxyl groups excluding tert-OH is 1. The first-order chi connectivity index (χ1) is 7.81. The van der Waals surface area contributed by atoms with Gasteiger partial charge in [0, 0.05) is 10.9 Å². The molecule has 0 radical (unpaired) electrons. The van der Waals surface area contributed by atoms with Crippen LogP contribution in [0.4, 0.5) is 0 Å². The number of piperidine rings is 1. The first-order valence-electron chi connectivity index (χ1n) is 5.88. The van der Waals surface area contributed by atoms with Crippen LogP contribution in [-0.2, 0) is 0 Å². The first kappa shape index (κ1) is 11.9. The summed E-state index contributed by atoms with van der Waals surface area (Å²) in [5, 5.41) is 13.7. The highest BCUT2D eigenvalue weighted by atomic mass is 35.5. The molecule has 1 aromatic rings. The Hall–Kier alpha value is -0.570. The highest BCUT2D eigenvalue weighted by Gasteiger charge is 2.24. The molecular formula is C13H18ClNO. The van der Waals surface area contributed by atoms with E-state index in [-0.39, 0.29) is 12.5 Å². The third kappa shape index (κ3) is 2.76. The van der Waals surface area contributed by atoms with Crippen molar-refractivity contribution in [3.63, 3.8) is 0 Å². The van der Waals surface area contributed by atoms with E-state index in [0.29, 0.717) is 5.92 Å². The summed E-state index contributed by atoms with van der Waals surface area (Å²) in [7, 11) is 0. The van der Waals surface area contributed by atoms with Crippen LogP contribution < -0.4 is 5.32 Å². The van der Waals surface area contributed by atoms with Crippen molar-refractivity contribution in [3.8, 4) is 0 Å². The minimum atomic E-state index is 0.216. The van der Waals surface area contributed by atoms with E-state index in [1.54, 1.807) is 0 Å². The van der Waals surface area contributed by atoms with Gasteiger partial charge in [0.25, 0.3) is 0 Å². The molecule has 2 rings (SSSR count). The molecule has 0 spiro atoms. The molecular weight excluding hydrogens is 222 g/mol. The minimum absolute atomic E-state index is 0.216. The summed E-state index contributed by atoms with van der Waals surface area (Å²) < 4.78 is 0. The zero-order valence-electron chi connectivity index (χ0n) is 9.32. The highest BCUT2D eigenvalue weighted by molar-refractivity contribution is 6.30. The van der Waals surface area contributed by atoms with Gasteiger partial charge in [-0.05, 0) is 49.5 Å². The second kappa shape index (κ2) is 5.67. The fourth-order valence-corrected chi connectivity index (χ4v) is 2.58. The molecule has 16 heavy (non-hydrogen) atoms. The van der Waals surface area contributed by atoms with Crippen molar-refractivity contribution in [1.82, 2.24) is 5.32 Å². The van der Waals surface area contributed by atoms with E-state index in [0.717, 1.165) is 18.1 Å². The van der Waals surface area contributed by atoms with E-state index in [2.05, 4.69) is 5.32 Å². The highest BCUT2D eigenvalue weighted by Crippen LogP contribution is 2.29. The van der Waals surface area contributed by atoms with Gasteiger partial charge in [-0.15, -0.1) is 0 Å². The van der Waals surface area contributed by atoms with E-state index in [1.165, 1.54) is 18.4 Å². The number of hydrogen-bond donors (Lipinski definition) is 2. The number of aliphatic hydroxyl groups is 1. The average Bonchev–Trinajstić information content (AvgIpc) is 2.34. The van der Waals surface area contributed by atoms with Crippen LogP contribution in [0.15, 0.2) is 24.3 Å². The monoisotopic (exact) mass is 239 g/mol. The molecule has 0 aromatic heterocycles. The van der Waals surface area contributed by atoms with Gasteiger partial charge in [0.2, 0.25) is 0 Å². The lowest BCUT2D eigenvalue weighted by Gasteiger charge is -2.30. The Bertz CT molecular complexity index is 319.